The number of nitrogens with zero attached hydrogens (tertiary/aromatic N) is 1. The molecule has 0 aromatic heterocycles. The Morgan fingerprint density at radius 3 is 2.67 bits per heavy atom. The van der Waals surface area contributed by atoms with Crippen LogP contribution in [0.3, 0.4) is 0 Å². The molecule has 1 heterocycles. The van der Waals surface area contributed by atoms with Gasteiger partial charge in [-0.05, 0) is 32.1 Å². The van der Waals surface area contributed by atoms with E-state index in [-0.39, 0.29) is 12.2 Å². The van der Waals surface area contributed by atoms with E-state index in [0.717, 1.165) is 18.9 Å². The van der Waals surface area contributed by atoms with Gasteiger partial charge < -0.3 is 4.90 Å². The maximum Gasteiger partial charge on any atom is 0.240 e. The molecular formula is C12H22N2O. The van der Waals surface area contributed by atoms with Crippen molar-refractivity contribution in [3.8, 4) is 0 Å². The Bertz CT molecular complexity index is 236. The van der Waals surface area contributed by atoms with Crippen LogP contribution in [0, 0.1) is 5.92 Å². The molecule has 2 fully saturated rings. The van der Waals surface area contributed by atoms with Crippen molar-refractivity contribution in [3.63, 3.8) is 0 Å². The lowest BCUT2D eigenvalue weighted by molar-refractivity contribution is -0.130. The minimum atomic E-state index is 0.0244. The number of carbonyl (C=O) groups excluding carboxylic acids is 1. The molecule has 2 aliphatic rings. The number of nitrogens with one attached hydrogen (secondary N) is 1. The van der Waals surface area contributed by atoms with E-state index in [4.69, 9.17) is 0 Å². The molecule has 3 nitrogen and oxygen atoms in total. The zero-order valence-corrected chi connectivity index (χ0v) is 9.83. The highest BCUT2D eigenvalue weighted by Gasteiger charge is 2.36. The van der Waals surface area contributed by atoms with Crippen molar-refractivity contribution in [2.75, 3.05) is 6.54 Å². The van der Waals surface area contributed by atoms with E-state index in [0.29, 0.717) is 5.91 Å². The highest BCUT2D eigenvalue weighted by molar-refractivity contribution is 5.83. The summed E-state index contributed by atoms with van der Waals surface area (Å²) in [5.41, 5.74) is 0. The molecule has 0 spiro atoms. The van der Waals surface area contributed by atoms with Gasteiger partial charge in [-0.3, -0.25) is 10.1 Å². The second-order valence-corrected chi connectivity index (χ2v) is 4.95. The third-order valence-corrected chi connectivity index (χ3v) is 3.79. The van der Waals surface area contributed by atoms with Gasteiger partial charge in [0, 0.05) is 6.54 Å². The second-order valence-electron chi connectivity index (χ2n) is 4.95. The van der Waals surface area contributed by atoms with E-state index in [1.807, 2.05) is 6.92 Å². The average Bonchev–Trinajstić information content (AvgIpc) is 2.82. The van der Waals surface area contributed by atoms with E-state index in [2.05, 4.69) is 17.1 Å². The summed E-state index contributed by atoms with van der Waals surface area (Å²) in [6, 6.07) is 0.0244. The molecule has 1 saturated carbocycles. The van der Waals surface area contributed by atoms with E-state index in [9.17, 15) is 4.79 Å². The van der Waals surface area contributed by atoms with Crippen LogP contribution in [0.5, 0.6) is 0 Å². The number of hydrogen-bond acceptors (Lipinski definition) is 2. The molecule has 2 rings (SSSR count). The molecule has 0 radical (unpaired) electrons. The maximum atomic E-state index is 11.9. The first kappa shape index (κ1) is 10.9. The molecule has 3 heteroatoms. The zero-order chi connectivity index (χ0) is 10.8. The summed E-state index contributed by atoms with van der Waals surface area (Å²) in [4.78, 5) is 14.0. The Labute approximate surface area is 92.2 Å². The third-order valence-electron chi connectivity index (χ3n) is 3.79. The molecule has 2 atom stereocenters. The fraction of sp³-hybridized carbons (Fsp3) is 0.917. The minimum Gasteiger partial charge on any atom is -0.326 e. The summed E-state index contributed by atoms with van der Waals surface area (Å²) in [7, 11) is 0. The van der Waals surface area contributed by atoms with Crippen LogP contribution in [-0.4, -0.2) is 29.6 Å². The molecule has 15 heavy (non-hydrogen) atoms. The molecular weight excluding hydrogens is 188 g/mol. The molecule has 0 aromatic rings. The Morgan fingerprint density at radius 2 is 2.07 bits per heavy atom. The minimum absolute atomic E-state index is 0.0244. The number of amides is 1. The van der Waals surface area contributed by atoms with E-state index < -0.39 is 0 Å². The highest BCUT2D eigenvalue weighted by Crippen LogP contribution is 2.27. The summed E-state index contributed by atoms with van der Waals surface area (Å²) in [6.07, 6.45) is 6.64. The topological polar surface area (TPSA) is 32.3 Å². The predicted molar refractivity (Wildman–Crippen MR) is 60.3 cm³/mol. The number of hydrogen-bond donors (Lipinski definition) is 1. The van der Waals surface area contributed by atoms with Crippen molar-refractivity contribution in [3.05, 3.63) is 0 Å². The van der Waals surface area contributed by atoms with Crippen molar-refractivity contribution in [1.82, 2.24) is 10.2 Å². The van der Waals surface area contributed by atoms with Crippen molar-refractivity contribution in [2.24, 2.45) is 5.92 Å². The van der Waals surface area contributed by atoms with Crippen LogP contribution >= 0.6 is 0 Å². The molecule has 86 valence electrons. The first-order valence-corrected chi connectivity index (χ1v) is 6.29. The first-order valence-electron chi connectivity index (χ1n) is 6.29. The van der Waals surface area contributed by atoms with Gasteiger partial charge in [0.1, 0.15) is 0 Å². The summed E-state index contributed by atoms with van der Waals surface area (Å²) in [5.74, 6) is 1.06. The standard InChI is InChI=1S/C12H22N2O/c1-3-11-13-9(2)12(15)14(11)8-10-6-4-5-7-10/h9-11,13H,3-8H2,1-2H3. The van der Waals surface area contributed by atoms with Crippen LogP contribution in [0.2, 0.25) is 0 Å². The highest BCUT2D eigenvalue weighted by atomic mass is 16.2. The van der Waals surface area contributed by atoms with Crippen molar-refractivity contribution in [2.45, 2.75) is 58.2 Å². The molecule has 1 amide bonds. The summed E-state index contributed by atoms with van der Waals surface area (Å²) in [5, 5.41) is 3.35. The first-order chi connectivity index (χ1) is 7.22. The molecule has 1 saturated heterocycles. The van der Waals surface area contributed by atoms with Crippen molar-refractivity contribution in [1.29, 1.82) is 0 Å². The van der Waals surface area contributed by atoms with Gasteiger partial charge in [-0.15, -0.1) is 0 Å². The van der Waals surface area contributed by atoms with Gasteiger partial charge in [0.2, 0.25) is 5.91 Å². The van der Waals surface area contributed by atoms with Gasteiger partial charge in [0.25, 0.3) is 0 Å². The van der Waals surface area contributed by atoms with Gasteiger partial charge >= 0.3 is 0 Å². The number of carbonyl (C=O) groups is 1. The largest absolute Gasteiger partial charge is 0.326 e. The normalized spacial score (nSPS) is 32.9. The van der Waals surface area contributed by atoms with Crippen LogP contribution < -0.4 is 5.32 Å². The molecule has 1 aliphatic heterocycles. The molecule has 0 aromatic carbocycles. The van der Waals surface area contributed by atoms with Crippen LogP contribution in [0.4, 0.5) is 0 Å². The van der Waals surface area contributed by atoms with Gasteiger partial charge in [0.05, 0.1) is 12.2 Å². The van der Waals surface area contributed by atoms with Gasteiger partial charge in [-0.1, -0.05) is 19.8 Å². The summed E-state index contributed by atoms with van der Waals surface area (Å²) < 4.78 is 0. The SMILES string of the molecule is CCC1NC(C)C(=O)N1CC1CCCC1. The lowest BCUT2D eigenvalue weighted by Crippen LogP contribution is -2.39. The fourth-order valence-corrected chi connectivity index (χ4v) is 2.88. The molecule has 1 N–H and O–H groups in total. The lowest BCUT2D eigenvalue weighted by atomic mass is 10.1. The van der Waals surface area contributed by atoms with Crippen LogP contribution in [0.1, 0.15) is 46.0 Å². The number of rotatable bonds is 3. The molecule has 0 bridgehead atoms. The van der Waals surface area contributed by atoms with Crippen molar-refractivity contribution < 1.29 is 4.79 Å². The lowest BCUT2D eigenvalue weighted by Gasteiger charge is -2.26. The summed E-state index contributed by atoms with van der Waals surface area (Å²) >= 11 is 0. The van der Waals surface area contributed by atoms with Crippen LogP contribution in [0.15, 0.2) is 0 Å². The van der Waals surface area contributed by atoms with E-state index in [1.54, 1.807) is 0 Å². The smallest absolute Gasteiger partial charge is 0.240 e. The quantitative estimate of drug-likeness (QED) is 0.769. The van der Waals surface area contributed by atoms with Crippen LogP contribution in [-0.2, 0) is 4.79 Å². The predicted octanol–water partition coefficient (Wildman–Crippen LogP) is 1.73. The van der Waals surface area contributed by atoms with Crippen molar-refractivity contribution >= 4 is 5.91 Å². The van der Waals surface area contributed by atoms with Gasteiger partial charge in [0.15, 0.2) is 0 Å². The Kier molecular flexibility index (Phi) is 3.29. The Morgan fingerprint density at radius 1 is 1.40 bits per heavy atom. The van der Waals surface area contributed by atoms with Gasteiger partial charge in [-0.2, -0.15) is 0 Å². The van der Waals surface area contributed by atoms with E-state index >= 15 is 0 Å². The summed E-state index contributed by atoms with van der Waals surface area (Å²) in [6.45, 7) is 5.10. The molecule has 2 unspecified atom stereocenters. The van der Waals surface area contributed by atoms with Crippen LogP contribution in [0.25, 0.3) is 0 Å². The third kappa shape index (κ3) is 2.17. The Balaban J connectivity index is 1.95. The maximum absolute atomic E-state index is 11.9. The zero-order valence-electron chi connectivity index (χ0n) is 9.83. The second kappa shape index (κ2) is 4.52. The molecule has 1 aliphatic carbocycles. The average molecular weight is 210 g/mol. The monoisotopic (exact) mass is 210 g/mol. The van der Waals surface area contributed by atoms with E-state index in [1.165, 1.54) is 25.7 Å². The van der Waals surface area contributed by atoms with Gasteiger partial charge in [-0.25, -0.2) is 0 Å². The fourth-order valence-electron chi connectivity index (χ4n) is 2.88. The Hall–Kier alpha value is -0.570.